The molecule has 166 valence electrons. The van der Waals surface area contributed by atoms with Crippen molar-refractivity contribution < 1.29 is 17.9 Å². The van der Waals surface area contributed by atoms with Crippen LogP contribution in [0, 0.1) is 0 Å². The van der Waals surface area contributed by atoms with E-state index in [1.54, 1.807) is 0 Å². The molecule has 0 unspecified atom stereocenters. The van der Waals surface area contributed by atoms with Crippen LogP contribution in [0.25, 0.3) is 11.2 Å². The summed E-state index contributed by atoms with van der Waals surface area (Å²) in [7, 11) is 0. The number of alkyl halides is 3. The molecule has 0 aliphatic carbocycles. The molecule has 1 aromatic carbocycles. The maximum Gasteiger partial charge on any atom is 0.573 e. The number of imidazole rings is 1. The van der Waals surface area contributed by atoms with Gasteiger partial charge in [0.2, 0.25) is 5.95 Å². The minimum atomic E-state index is -4.85. The van der Waals surface area contributed by atoms with Gasteiger partial charge in [-0.2, -0.15) is 4.98 Å². The first-order chi connectivity index (χ1) is 14.8. The van der Waals surface area contributed by atoms with Gasteiger partial charge >= 0.3 is 12.1 Å². The lowest BCUT2D eigenvalue weighted by atomic mass is 10.2. The Balaban J connectivity index is 1.61. The molecule has 1 aliphatic rings. The van der Waals surface area contributed by atoms with Gasteiger partial charge in [-0.05, 0) is 18.2 Å². The van der Waals surface area contributed by atoms with Crippen LogP contribution in [0.4, 0.5) is 19.1 Å². The fourth-order valence-corrected chi connectivity index (χ4v) is 3.72. The van der Waals surface area contributed by atoms with Crippen molar-refractivity contribution in [3.05, 3.63) is 44.9 Å². The Bertz CT molecular complexity index is 1130. The number of aromatic nitrogens is 4. The second kappa shape index (κ2) is 8.85. The molecule has 4 rings (SSSR count). The van der Waals surface area contributed by atoms with Crippen LogP contribution in [0.15, 0.2) is 33.7 Å². The fourth-order valence-electron chi connectivity index (χ4n) is 3.32. The van der Waals surface area contributed by atoms with Gasteiger partial charge < -0.3 is 25.7 Å². The van der Waals surface area contributed by atoms with Gasteiger partial charge in [-0.15, -0.1) is 13.2 Å². The van der Waals surface area contributed by atoms with Gasteiger partial charge in [0.1, 0.15) is 11.3 Å². The highest BCUT2D eigenvalue weighted by atomic mass is 79.9. The van der Waals surface area contributed by atoms with Crippen LogP contribution in [-0.4, -0.2) is 58.1 Å². The number of H-pyrrole nitrogens is 1. The highest BCUT2D eigenvalue weighted by Crippen LogP contribution is 2.29. The molecular weight excluding hydrogens is 483 g/mol. The van der Waals surface area contributed by atoms with E-state index in [0.717, 1.165) is 19.6 Å². The van der Waals surface area contributed by atoms with E-state index >= 15 is 0 Å². The summed E-state index contributed by atoms with van der Waals surface area (Å²) in [5.41, 5.74) is 0.300. The van der Waals surface area contributed by atoms with Crippen LogP contribution >= 0.6 is 15.9 Å². The van der Waals surface area contributed by atoms with Crippen molar-refractivity contribution in [2.24, 2.45) is 0 Å². The number of fused-ring (bicyclic) bond motifs is 1. The van der Waals surface area contributed by atoms with E-state index in [1.165, 1.54) is 29.0 Å². The second-order valence-corrected chi connectivity index (χ2v) is 7.90. The minimum absolute atomic E-state index is 0.167. The zero-order valence-electron chi connectivity index (χ0n) is 16.1. The summed E-state index contributed by atoms with van der Waals surface area (Å²) in [5, 5.41) is 9.75. The maximum atomic E-state index is 12.8. The number of benzene rings is 1. The molecular formula is C18H19BrF3N7O2. The van der Waals surface area contributed by atoms with Crippen molar-refractivity contribution in [1.82, 2.24) is 30.2 Å². The number of anilines is 1. The number of nitrogens with one attached hydrogen (secondary N) is 4. The Labute approximate surface area is 182 Å². The molecule has 3 heterocycles. The first-order valence-corrected chi connectivity index (χ1v) is 10.3. The summed E-state index contributed by atoms with van der Waals surface area (Å²) in [6, 6.07) is 4.29. The molecule has 3 aromatic rings. The number of hydrogen-bond donors (Lipinski definition) is 4. The zero-order valence-corrected chi connectivity index (χ0v) is 17.7. The lowest BCUT2D eigenvalue weighted by Gasteiger charge is -2.24. The van der Waals surface area contributed by atoms with E-state index < -0.39 is 12.1 Å². The molecule has 0 saturated carbocycles. The first-order valence-electron chi connectivity index (χ1n) is 9.46. The van der Waals surface area contributed by atoms with Gasteiger partial charge in [0.05, 0.1) is 12.7 Å². The van der Waals surface area contributed by atoms with Gasteiger partial charge in [-0.25, -0.2) is 9.78 Å². The first kappa shape index (κ1) is 21.6. The Kier molecular flexibility index (Phi) is 6.16. The highest BCUT2D eigenvalue weighted by molar-refractivity contribution is 9.10. The fraction of sp³-hybridized carbons (Fsp3) is 0.389. The Morgan fingerprint density at radius 1 is 1.32 bits per heavy atom. The standard InChI is InChI=1S/C18H19BrF3N7O2/c19-11-1-2-14(31-18(20,21)22)10(5-11)9-29-15-13(27-17(29)30)8-26-16(28-15)25-7-12-6-23-3-4-24-12/h1-2,5,8,12,23-24H,3-4,6-7,9H2,(H,27,30)(H,25,26,28)/t12-/m1/s1. The molecule has 9 nitrogen and oxygen atoms in total. The van der Waals surface area contributed by atoms with Crippen molar-refractivity contribution in [1.29, 1.82) is 0 Å². The lowest BCUT2D eigenvalue weighted by molar-refractivity contribution is -0.274. The third-order valence-corrected chi connectivity index (χ3v) is 5.21. The summed E-state index contributed by atoms with van der Waals surface area (Å²) in [6.07, 6.45) is -3.39. The average molecular weight is 502 g/mol. The number of ether oxygens (including phenoxy) is 1. The predicted molar refractivity (Wildman–Crippen MR) is 111 cm³/mol. The van der Waals surface area contributed by atoms with Gasteiger partial charge in [0.25, 0.3) is 0 Å². The number of nitrogens with zero attached hydrogens (tertiary/aromatic N) is 3. The smallest absolute Gasteiger partial charge is 0.405 e. The van der Waals surface area contributed by atoms with E-state index in [2.05, 4.69) is 51.6 Å². The Morgan fingerprint density at radius 3 is 2.90 bits per heavy atom. The normalized spacial score (nSPS) is 17.1. The molecule has 13 heteroatoms. The Hall–Kier alpha value is -2.64. The van der Waals surface area contributed by atoms with Crippen LogP contribution in [0.3, 0.4) is 0 Å². The molecule has 1 fully saturated rings. The van der Waals surface area contributed by atoms with Gasteiger partial charge in [-0.3, -0.25) is 4.57 Å². The summed E-state index contributed by atoms with van der Waals surface area (Å²) < 4.78 is 44.2. The van der Waals surface area contributed by atoms with Crippen molar-refractivity contribution in [3.63, 3.8) is 0 Å². The molecule has 2 aromatic heterocycles. The molecule has 1 atom stereocenters. The predicted octanol–water partition coefficient (Wildman–Crippen LogP) is 1.80. The molecule has 0 bridgehead atoms. The summed E-state index contributed by atoms with van der Waals surface area (Å²) in [5.74, 6) is -0.0751. The summed E-state index contributed by atoms with van der Waals surface area (Å²) in [6.45, 7) is 2.97. The summed E-state index contributed by atoms with van der Waals surface area (Å²) in [4.78, 5) is 23.7. The quantitative estimate of drug-likeness (QED) is 0.407. The van der Waals surface area contributed by atoms with Crippen molar-refractivity contribution in [2.75, 3.05) is 31.5 Å². The largest absolute Gasteiger partial charge is 0.573 e. The van der Waals surface area contributed by atoms with Crippen molar-refractivity contribution >= 4 is 33.0 Å². The van der Waals surface area contributed by atoms with Gasteiger partial charge in [0, 0.05) is 42.3 Å². The van der Waals surface area contributed by atoms with Crippen LogP contribution in [0.1, 0.15) is 5.56 Å². The number of halogens is 4. The minimum Gasteiger partial charge on any atom is -0.405 e. The number of piperazine rings is 1. The van der Waals surface area contributed by atoms with Gasteiger partial charge in [0.15, 0.2) is 5.65 Å². The van der Waals surface area contributed by atoms with E-state index in [-0.39, 0.29) is 29.5 Å². The molecule has 31 heavy (non-hydrogen) atoms. The van der Waals surface area contributed by atoms with E-state index in [0.29, 0.717) is 22.5 Å². The third kappa shape index (κ3) is 5.35. The van der Waals surface area contributed by atoms with E-state index in [9.17, 15) is 18.0 Å². The maximum absolute atomic E-state index is 12.8. The van der Waals surface area contributed by atoms with E-state index in [4.69, 9.17) is 0 Å². The number of hydrogen-bond acceptors (Lipinski definition) is 7. The SMILES string of the molecule is O=c1[nH]c2cnc(NC[C@H]3CNCCN3)nc2n1Cc1cc(Br)ccc1OC(F)(F)F. The number of aromatic amines is 1. The van der Waals surface area contributed by atoms with Crippen molar-refractivity contribution in [2.45, 2.75) is 18.9 Å². The van der Waals surface area contributed by atoms with Crippen LogP contribution in [0.5, 0.6) is 5.75 Å². The molecule has 1 saturated heterocycles. The average Bonchev–Trinajstić information content (AvgIpc) is 3.03. The lowest BCUT2D eigenvalue weighted by Crippen LogP contribution is -2.51. The van der Waals surface area contributed by atoms with Crippen molar-refractivity contribution in [3.8, 4) is 5.75 Å². The molecule has 0 amide bonds. The monoisotopic (exact) mass is 501 g/mol. The molecule has 1 aliphatic heterocycles. The topological polar surface area (TPSA) is 109 Å². The van der Waals surface area contributed by atoms with E-state index in [1.807, 2.05) is 0 Å². The highest BCUT2D eigenvalue weighted by Gasteiger charge is 2.32. The molecule has 0 spiro atoms. The molecule has 0 radical (unpaired) electrons. The van der Waals surface area contributed by atoms with Crippen LogP contribution in [-0.2, 0) is 6.54 Å². The number of rotatable bonds is 6. The summed E-state index contributed by atoms with van der Waals surface area (Å²) >= 11 is 3.24. The third-order valence-electron chi connectivity index (χ3n) is 4.72. The second-order valence-electron chi connectivity index (χ2n) is 6.98. The van der Waals surface area contributed by atoms with Crippen LogP contribution < -0.4 is 26.4 Å². The zero-order chi connectivity index (χ0) is 22.0. The van der Waals surface area contributed by atoms with Crippen LogP contribution in [0.2, 0.25) is 0 Å². The Morgan fingerprint density at radius 2 is 2.16 bits per heavy atom. The molecule has 4 N–H and O–H groups in total. The van der Waals surface area contributed by atoms with Gasteiger partial charge in [-0.1, -0.05) is 15.9 Å².